The second-order valence-corrected chi connectivity index (χ2v) is 7.83. The molecule has 0 radical (unpaired) electrons. The Labute approximate surface area is 134 Å². The van der Waals surface area contributed by atoms with Gasteiger partial charge in [0.2, 0.25) is 10.0 Å². The molecule has 1 heterocycles. The zero-order valence-corrected chi connectivity index (χ0v) is 14.3. The van der Waals surface area contributed by atoms with E-state index in [1.807, 2.05) is 17.7 Å². The molecule has 8 heteroatoms. The van der Waals surface area contributed by atoms with Gasteiger partial charge in [0.25, 0.3) is 0 Å². The number of hydrogen-bond donors (Lipinski definition) is 2. The Morgan fingerprint density at radius 3 is 2.62 bits per heavy atom. The van der Waals surface area contributed by atoms with Crippen LogP contribution < -0.4 is 4.72 Å². The standard InChI is InChI=1S/C13H13BrFNO3S2/c1-8-6-20-7-10(8)4-16-21(18,19)12-3-11(14)2-9(5-17)13(12)15/h2-3,6-7,16-17H,4-5H2,1H3. The van der Waals surface area contributed by atoms with Gasteiger partial charge in [-0.15, -0.1) is 0 Å². The molecule has 0 aliphatic carbocycles. The molecule has 21 heavy (non-hydrogen) atoms. The summed E-state index contributed by atoms with van der Waals surface area (Å²) >= 11 is 4.59. The van der Waals surface area contributed by atoms with Gasteiger partial charge < -0.3 is 5.11 Å². The van der Waals surface area contributed by atoms with Crippen LogP contribution in [0.5, 0.6) is 0 Å². The number of halogens is 2. The van der Waals surface area contributed by atoms with E-state index in [2.05, 4.69) is 20.7 Å². The summed E-state index contributed by atoms with van der Waals surface area (Å²) in [6, 6.07) is 2.52. The first-order chi connectivity index (χ1) is 9.85. The highest BCUT2D eigenvalue weighted by atomic mass is 79.9. The average molecular weight is 394 g/mol. The molecule has 0 aliphatic rings. The van der Waals surface area contributed by atoms with Crippen molar-refractivity contribution in [2.45, 2.75) is 25.0 Å². The van der Waals surface area contributed by atoms with Crippen LogP contribution in [0.15, 0.2) is 32.3 Å². The van der Waals surface area contributed by atoms with Gasteiger partial charge in [-0.3, -0.25) is 0 Å². The smallest absolute Gasteiger partial charge is 0.243 e. The molecule has 0 atom stereocenters. The maximum Gasteiger partial charge on any atom is 0.243 e. The van der Waals surface area contributed by atoms with E-state index in [0.29, 0.717) is 4.47 Å². The second-order valence-electron chi connectivity index (χ2n) is 4.44. The number of rotatable bonds is 5. The summed E-state index contributed by atoms with van der Waals surface area (Å²) in [4.78, 5) is -0.478. The van der Waals surface area contributed by atoms with Gasteiger partial charge in [0, 0.05) is 16.6 Å². The quantitative estimate of drug-likeness (QED) is 0.820. The predicted molar refractivity (Wildman–Crippen MR) is 83.1 cm³/mol. The molecule has 4 nitrogen and oxygen atoms in total. The first-order valence-electron chi connectivity index (χ1n) is 5.95. The van der Waals surface area contributed by atoms with Crippen molar-refractivity contribution in [3.8, 4) is 0 Å². The lowest BCUT2D eigenvalue weighted by molar-refractivity contribution is 0.274. The maximum atomic E-state index is 14.1. The van der Waals surface area contributed by atoms with Gasteiger partial charge >= 0.3 is 0 Å². The van der Waals surface area contributed by atoms with Crippen LogP contribution >= 0.6 is 27.3 Å². The molecule has 0 fully saturated rings. The fourth-order valence-electron chi connectivity index (χ4n) is 1.75. The molecule has 0 saturated heterocycles. The van der Waals surface area contributed by atoms with Crippen molar-refractivity contribution in [2.24, 2.45) is 0 Å². The van der Waals surface area contributed by atoms with E-state index in [1.165, 1.54) is 23.5 Å². The fourth-order valence-corrected chi connectivity index (χ4v) is 4.41. The average Bonchev–Trinajstić information content (AvgIpc) is 2.84. The summed E-state index contributed by atoms with van der Waals surface area (Å²) in [5, 5.41) is 12.8. The SMILES string of the molecule is Cc1cscc1CNS(=O)(=O)c1cc(Br)cc(CO)c1F. The molecule has 1 aromatic heterocycles. The molecule has 0 unspecified atom stereocenters. The van der Waals surface area contributed by atoms with E-state index in [1.54, 1.807) is 0 Å². The van der Waals surface area contributed by atoms with Crippen LogP contribution in [0.3, 0.4) is 0 Å². The van der Waals surface area contributed by atoms with Gasteiger partial charge in [-0.2, -0.15) is 11.3 Å². The largest absolute Gasteiger partial charge is 0.392 e. The van der Waals surface area contributed by atoms with Crippen LogP contribution in [-0.4, -0.2) is 13.5 Å². The Bertz CT molecular complexity index is 759. The molecule has 114 valence electrons. The fraction of sp³-hybridized carbons (Fsp3) is 0.231. The third-order valence-corrected chi connectivity index (χ3v) is 5.72. The van der Waals surface area contributed by atoms with E-state index in [9.17, 15) is 12.8 Å². The summed E-state index contributed by atoms with van der Waals surface area (Å²) in [6.07, 6.45) is 0. The van der Waals surface area contributed by atoms with Crippen molar-refractivity contribution in [1.82, 2.24) is 4.72 Å². The zero-order chi connectivity index (χ0) is 15.6. The topological polar surface area (TPSA) is 66.4 Å². The van der Waals surface area contributed by atoms with Crippen LogP contribution in [-0.2, 0) is 23.2 Å². The minimum atomic E-state index is -4.00. The minimum Gasteiger partial charge on any atom is -0.392 e. The van der Waals surface area contributed by atoms with E-state index < -0.39 is 27.3 Å². The first-order valence-corrected chi connectivity index (χ1v) is 9.17. The number of aryl methyl sites for hydroxylation is 1. The molecule has 1 aromatic carbocycles. The van der Waals surface area contributed by atoms with Gasteiger partial charge in [-0.05, 0) is 40.9 Å². The van der Waals surface area contributed by atoms with Gasteiger partial charge in [0.15, 0.2) is 0 Å². The number of benzene rings is 1. The maximum absolute atomic E-state index is 14.1. The minimum absolute atomic E-state index is 0.0727. The summed E-state index contributed by atoms with van der Waals surface area (Å²) in [5.74, 6) is -0.935. The van der Waals surface area contributed by atoms with E-state index in [0.717, 1.165) is 11.1 Å². The Morgan fingerprint density at radius 2 is 2.05 bits per heavy atom. The lowest BCUT2D eigenvalue weighted by atomic mass is 10.2. The molecule has 2 aromatic rings. The van der Waals surface area contributed by atoms with Gasteiger partial charge in [0.1, 0.15) is 10.7 Å². The third-order valence-electron chi connectivity index (χ3n) is 2.95. The Kier molecular flexibility index (Phi) is 5.15. The molecule has 0 bridgehead atoms. The summed E-state index contributed by atoms with van der Waals surface area (Å²) < 4.78 is 41.3. The molecular weight excluding hydrogens is 381 g/mol. The normalized spacial score (nSPS) is 11.8. The zero-order valence-electron chi connectivity index (χ0n) is 11.1. The predicted octanol–water partition coefficient (Wildman–Crippen LogP) is 2.93. The Hall–Kier alpha value is -0.800. The van der Waals surface area contributed by atoms with Crippen LogP contribution in [0.2, 0.25) is 0 Å². The van der Waals surface area contributed by atoms with Crippen molar-refractivity contribution in [1.29, 1.82) is 0 Å². The lowest BCUT2D eigenvalue weighted by Gasteiger charge is -2.10. The molecule has 0 saturated carbocycles. The monoisotopic (exact) mass is 393 g/mol. The molecule has 0 spiro atoms. The molecule has 0 amide bonds. The third kappa shape index (κ3) is 3.70. The van der Waals surface area contributed by atoms with Crippen molar-refractivity contribution >= 4 is 37.3 Å². The number of nitrogens with one attached hydrogen (secondary N) is 1. The van der Waals surface area contributed by atoms with E-state index in [-0.39, 0.29) is 12.1 Å². The van der Waals surface area contributed by atoms with Crippen molar-refractivity contribution in [3.63, 3.8) is 0 Å². The highest BCUT2D eigenvalue weighted by molar-refractivity contribution is 9.10. The Balaban J connectivity index is 2.32. The number of aliphatic hydroxyl groups excluding tert-OH is 1. The van der Waals surface area contributed by atoms with Crippen LogP contribution in [0, 0.1) is 12.7 Å². The highest BCUT2D eigenvalue weighted by Crippen LogP contribution is 2.24. The van der Waals surface area contributed by atoms with Gasteiger partial charge in [-0.1, -0.05) is 15.9 Å². The van der Waals surface area contributed by atoms with Gasteiger partial charge in [0.05, 0.1) is 6.61 Å². The summed E-state index contributed by atoms with van der Waals surface area (Å²) in [5.41, 5.74) is 1.76. The number of aliphatic hydroxyl groups is 1. The molecule has 2 rings (SSSR count). The van der Waals surface area contributed by atoms with Crippen LogP contribution in [0.4, 0.5) is 4.39 Å². The van der Waals surface area contributed by atoms with Crippen LogP contribution in [0.1, 0.15) is 16.7 Å². The molecular formula is C13H13BrFNO3S2. The van der Waals surface area contributed by atoms with E-state index >= 15 is 0 Å². The number of hydrogen-bond acceptors (Lipinski definition) is 4. The van der Waals surface area contributed by atoms with E-state index in [4.69, 9.17) is 5.11 Å². The molecule has 2 N–H and O–H groups in total. The van der Waals surface area contributed by atoms with Crippen molar-refractivity contribution in [2.75, 3.05) is 0 Å². The summed E-state index contributed by atoms with van der Waals surface area (Å²) in [7, 11) is -4.00. The number of sulfonamides is 1. The Morgan fingerprint density at radius 1 is 1.33 bits per heavy atom. The lowest BCUT2D eigenvalue weighted by Crippen LogP contribution is -2.24. The second kappa shape index (κ2) is 6.53. The first kappa shape index (κ1) is 16.6. The van der Waals surface area contributed by atoms with Crippen molar-refractivity contribution in [3.05, 3.63) is 49.9 Å². The van der Waals surface area contributed by atoms with Crippen molar-refractivity contribution < 1.29 is 17.9 Å². The van der Waals surface area contributed by atoms with Crippen LogP contribution in [0.25, 0.3) is 0 Å². The molecule has 0 aliphatic heterocycles. The summed E-state index contributed by atoms with van der Waals surface area (Å²) in [6.45, 7) is 1.40. The number of thiophene rings is 1. The van der Waals surface area contributed by atoms with Gasteiger partial charge in [-0.25, -0.2) is 17.5 Å². The highest BCUT2D eigenvalue weighted by Gasteiger charge is 2.22.